The molecule has 8 heteroatoms. The Balaban J connectivity index is 1.94. The number of benzene rings is 1. The number of nitrogens with one attached hydrogen (secondary N) is 1. The molecule has 0 spiro atoms. The summed E-state index contributed by atoms with van der Waals surface area (Å²) in [5.74, 6) is -1.98. The number of halogens is 2. The second-order valence-corrected chi connectivity index (χ2v) is 7.56. The van der Waals surface area contributed by atoms with Crippen LogP contribution in [0.2, 0.25) is 0 Å². The zero-order chi connectivity index (χ0) is 16.3. The van der Waals surface area contributed by atoms with E-state index >= 15 is 0 Å². The van der Waals surface area contributed by atoms with E-state index in [0.29, 0.717) is 6.42 Å². The lowest BCUT2D eigenvalue weighted by Crippen LogP contribution is -2.23. The SMILES string of the molecule is C/C(=N/NC(=O)C[C@@H]1CCS(=O)(=O)C1)c1ccc(F)cc1F. The lowest BCUT2D eigenvalue weighted by atomic mass is 10.1. The van der Waals surface area contributed by atoms with Gasteiger partial charge in [-0.15, -0.1) is 0 Å². The maximum absolute atomic E-state index is 13.5. The Bertz CT molecular complexity index is 717. The number of hydrogen-bond acceptors (Lipinski definition) is 4. The highest BCUT2D eigenvalue weighted by molar-refractivity contribution is 7.91. The van der Waals surface area contributed by atoms with Crippen LogP contribution in [0.15, 0.2) is 23.3 Å². The van der Waals surface area contributed by atoms with Gasteiger partial charge in [-0.3, -0.25) is 4.79 Å². The molecule has 1 heterocycles. The van der Waals surface area contributed by atoms with E-state index in [1.165, 1.54) is 13.0 Å². The van der Waals surface area contributed by atoms with E-state index in [1.54, 1.807) is 0 Å². The van der Waals surface area contributed by atoms with Gasteiger partial charge in [-0.05, 0) is 31.4 Å². The van der Waals surface area contributed by atoms with Crippen LogP contribution in [0.5, 0.6) is 0 Å². The number of hydrazone groups is 1. The summed E-state index contributed by atoms with van der Waals surface area (Å²) in [4.78, 5) is 11.7. The number of hydrogen-bond donors (Lipinski definition) is 1. The highest BCUT2D eigenvalue weighted by atomic mass is 32.2. The highest BCUT2D eigenvalue weighted by Gasteiger charge is 2.29. The molecule has 120 valence electrons. The van der Waals surface area contributed by atoms with Crippen LogP contribution in [0.3, 0.4) is 0 Å². The Hall–Kier alpha value is -1.83. The van der Waals surface area contributed by atoms with Crippen LogP contribution in [-0.2, 0) is 14.6 Å². The van der Waals surface area contributed by atoms with Crippen molar-refractivity contribution in [2.24, 2.45) is 11.0 Å². The Morgan fingerprint density at radius 1 is 1.41 bits per heavy atom. The van der Waals surface area contributed by atoms with Gasteiger partial charge in [0, 0.05) is 18.1 Å². The fourth-order valence-electron chi connectivity index (χ4n) is 2.33. The quantitative estimate of drug-likeness (QED) is 0.673. The lowest BCUT2D eigenvalue weighted by molar-refractivity contribution is -0.121. The first-order valence-corrected chi connectivity index (χ1v) is 8.58. The second kappa shape index (κ2) is 6.51. The van der Waals surface area contributed by atoms with E-state index in [4.69, 9.17) is 0 Å². The molecular formula is C14H16F2N2O3S. The molecule has 1 aromatic carbocycles. The fourth-order valence-corrected chi connectivity index (χ4v) is 4.19. The molecule has 1 atom stereocenters. The Kier molecular flexibility index (Phi) is 4.90. The van der Waals surface area contributed by atoms with Gasteiger partial charge in [0.15, 0.2) is 9.84 Å². The summed E-state index contributed by atoms with van der Waals surface area (Å²) in [7, 11) is -3.03. The number of rotatable bonds is 4. The first kappa shape index (κ1) is 16.5. The van der Waals surface area contributed by atoms with E-state index in [0.717, 1.165) is 12.1 Å². The molecule has 1 amide bonds. The lowest BCUT2D eigenvalue weighted by Gasteiger charge is -2.07. The molecule has 0 bridgehead atoms. The van der Waals surface area contributed by atoms with Crippen molar-refractivity contribution in [2.75, 3.05) is 11.5 Å². The third-order valence-corrected chi connectivity index (χ3v) is 5.31. The molecule has 1 aliphatic rings. The van der Waals surface area contributed by atoms with Gasteiger partial charge in [0.25, 0.3) is 0 Å². The van der Waals surface area contributed by atoms with Crippen molar-refractivity contribution in [3.05, 3.63) is 35.4 Å². The summed E-state index contributed by atoms with van der Waals surface area (Å²) in [5, 5.41) is 3.77. The molecule has 0 unspecified atom stereocenters. The van der Waals surface area contributed by atoms with Crippen molar-refractivity contribution in [1.82, 2.24) is 5.43 Å². The Morgan fingerprint density at radius 3 is 2.73 bits per heavy atom. The van der Waals surface area contributed by atoms with Crippen molar-refractivity contribution < 1.29 is 22.0 Å². The Labute approximate surface area is 127 Å². The van der Waals surface area contributed by atoms with Crippen molar-refractivity contribution in [3.63, 3.8) is 0 Å². The average molecular weight is 330 g/mol. The molecule has 1 aliphatic heterocycles. The summed E-state index contributed by atoms with van der Waals surface area (Å²) < 4.78 is 49.0. The molecule has 22 heavy (non-hydrogen) atoms. The van der Waals surface area contributed by atoms with Gasteiger partial charge in [-0.25, -0.2) is 22.6 Å². The molecule has 0 aromatic heterocycles. The molecule has 0 saturated carbocycles. The third-order valence-electron chi connectivity index (χ3n) is 3.47. The monoisotopic (exact) mass is 330 g/mol. The molecule has 0 aliphatic carbocycles. The van der Waals surface area contributed by atoms with Crippen molar-refractivity contribution in [1.29, 1.82) is 0 Å². The first-order chi connectivity index (χ1) is 10.3. The zero-order valence-corrected chi connectivity index (χ0v) is 12.8. The largest absolute Gasteiger partial charge is 0.273 e. The van der Waals surface area contributed by atoms with E-state index in [9.17, 15) is 22.0 Å². The van der Waals surface area contributed by atoms with E-state index in [2.05, 4.69) is 10.5 Å². The van der Waals surface area contributed by atoms with Crippen LogP contribution in [0, 0.1) is 17.6 Å². The van der Waals surface area contributed by atoms with Crippen molar-refractivity contribution in [3.8, 4) is 0 Å². The van der Waals surface area contributed by atoms with Gasteiger partial charge in [0.1, 0.15) is 11.6 Å². The van der Waals surface area contributed by atoms with Crippen LogP contribution < -0.4 is 5.43 Å². The highest BCUT2D eigenvalue weighted by Crippen LogP contribution is 2.21. The van der Waals surface area contributed by atoms with Crippen LogP contribution >= 0.6 is 0 Å². The summed E-state index contributed by atoms with van der Waals surface area (Å²) in [5.41, 5.74) is 2.56. The summed E-state index contributed by atoms with van der Waals surface area (Å²) >= 11 is 0. The summed E-state index contributed by atoms with van der Waals surface area (Å²) in [6.07, 6.45) is 0.521. The predicted molar refractivity (Wildman–Crippen MR) is 78.1 cm³/mol. The van der Waals surface area contributed by atoms with Crippen LogP contribution in [0.4, 0.5) is 8.78 Å². The third kappa shape index (κ3) is 4.33. The van der Waals surface area contributed by atoms with Gasteiger partial charge in [-0.2, -0.15) is 5.10 Å². The van der Waals surface area contributed by atoms with Crippen LogP contribution in [0.25, 0.3) is 0 Å². The predicted octanol–water partition coefficient (Wildman–Crippen LogP) is 1.63. The molecule has 1 aromatic rings. The topological polar surface area (TPSA) is 75.6 Å². The average Bonchev–Trinajstić information content (AvgIpc) is 2.75. The fraction of sp³-hybridized carbons (Fsp3) is 0.429. The second-order valence-electron chi connectivity index (χ2n) is 5.33. The van der Waals surface area contributed by atoms with Crippen LogP contribution in [-0.4, -0.2) is 31.5 Å². The standard InChI is InChI=1S/C14H16F2N2O3S/c1-9(12-3-2-11(15)7-13(12)16)17-18-14(19)6-10-4-5-22(20,21)8-10/h2-3,7,10H,4-6,8H2,1H3,(H,18,19)/b17-9-/t10-/m0/s1. The molecule has 1 saturated heterocycles. The van der Waals surface area contributed by atoms with Gasteiger partial charge >= 0.3 is 0 Å². The van der Waals surface area contributed by atoms with E-state index in [1.807, 2.05) is 0 Å². The van der Waals surface area contributed by atoms with E-state index < -0.39 is 27.4 Å². The number of carbonyl (C=O) groups excluding carboxylic acids is 1. The minimum absolute atomic E-state index is 0.00963. The smallest absolute Gasteiger partial charge is 0.240 e. The maximum atomic E-state index is 13.5. The summed E-state index contributed by atoms with van der Waals surface area (Å²) in [6.45, 7) is 1.48. The molecule has 5 nitrogen and oxygen atoms in total. The normalized spacial score (nSPS) is 20.9. The van der Waals surface area contributed by atoms with Gasteiger partial charge in [0.2, 0.25) is 5.91 Å². The van der Waals surface area contributed by atoms with Crippen molar-refractivity contribution >= 4 is 21.5 Å². The van der Waals surface area contributed by atoms with Gasteiger partial charge in [-0.1, -0.05) is 0 Å². The van der Waals surface area contributed by atoms with Gasteiger partial charge in [0.05, 0.1) is 17.2 Å². The van der Waals surface area contributed by atoms with Gasteiger partial charge < -0.3 is 0 Å². The minimum atomic E-state index is -3.03. The first-order valence-electron chi connectivity index (χ1n) is 6.76. The Morgan fingerprint density at radius 2 is 2.14 bits per heavy atom. The number of amides is 1. The molecule has 0 radical (unpaired) electrons. The van der Waals surface area contributed by atoms with E-state index in [-0.39, 0.29) is 35.1 Å². The summed E-state index contributed by atoms with van der Waals surface area (Å²) in [6, 6.07) is 3.07. The zero-order valence-electron chi connectivity index (χ0n) is 12.0. The molecule has 2 rings (SSSR count). The number of carbonyl (C=O) groups is 1. The minimum Gasteiger partial charge on any atom is -0.273 e. The van der Waals surface area contributed by atoms with Crippen LogP contribution in [0.1, 0.15) is 25.3 Å². The number of sulfone groups is 1. The molecule has 1 N–H and O–H groups in total. The molecular weight excluding hydrogens is 314 g/mol. The maximum Gasteiger partial charge on any atom is 0.240 e. The molecule has 1 fully saturated rings. The number of nitrogens with zero attached hydrogens (tertiary/aromatic N) is 1. The van der Waals surface area contributed by atoms with Crippen molar-refractivity contribution in [2.45, 2.75) is 19.8 Å².